The zero-order valence-electron chi connectivity index (χ0n) is 14.7. The summed E-state index contributed by atoms with van der Waals surface area (Å²) in [5.41, 5.74) is 3.56. The van der Waals surface area contributed by atoms with Gasteiger partial charge in [0.1, 0.15) is 26.2 Å². The number of hydrogen-bond donors (Lipinski definition) is 3. The van der Waals surface area contributed by atoms with E-state index < -0.39 is 0 Å². The standard InChI is InChI=1S/C19H29N3O/c1-4-17-7-5-6-8-18(17)20-19(23)15-22-13-11-21(12-14-22)10-9-16(2)3/h5-9H,4,10-15H2,1-3H3,(H,20,23)/p+2. The van der Waals surface area contributed by atoms with Crippen LogP contribution in [-0.2, 0) is 11.2 Å². The highest BCUT2D eigenvalue weighted by Gasteiger charge is 2.24. The van der Waals surface area contributed by atoms with E-state index in [-0.39, 0.29) is 5.91 Å². The van der Waals surface area contributed by atoms with E-state index in [2.05, 4.69) is 38.2 Å². The fourth-order valence-corrected chi connectivity index (χ4v) is 3.06. The van der Waals surface area contributed by atoms with Crippen LogP contribution in [0.2, 0.25) is 0 Å². The van der Waals surface area contributed by atoms with Gasteiger partial charge in [-0.3, -0.25) is 4.79 Å². The summed E-state index contributed by atoms with van der Waals surface area (Å²) in [7, 11) is 0. The second kappa shape index (κ2) is 8.85. The summed E-state index contributed by atoms with van der Waals surface area (Å²) in [4.78, 5) is 15.3. The largest absolute Gasteiger partial charge is 0.322 e. The van der Waals surface area contributed by atoms with Gasteiger partial charge in [0.05, 0.1) is 6.54 Å². The Kier molecular flexibility index (Phi) is 6.81. The number of rotatable bonds is 6. The molecule has 2 rings (SSSR count). The van der Waals surface area contributed by atoms with Crippen LogP contribution >= 0.6 is 0 Å². The van der Waals surface area contributed by atoms with Crippen LogP contribution < -0.4 is 15.1 Å². The van der Waals surface area contributed by atoms with Gasteiger partial charge in [-0.05, 0) is 38.0 Å². The summed E-state index contributed by atoms with van der Waals surface area (Å²) in [6.07, 6.45) is 3.25. The molecule has 1 saturated heterocycles. The second-order valence-corrected chi connectivity index (χ2v) is 6.72. The van der Waals surface area contributed by atoms with Crippen molar-refractivity contribution in [3.05, 3.63) is 41.5 Å². The molecule has 0 atom stereocenters. The minimum Gasteiger partial charge on any atom is -0.322 e. The minimum absolute atomic E-state index is 0.133. The first-order chi connectivity index (χ1) is 11.1. The number of nitrogens with one attached hydrogen (secondary N) is 3. The molecule has 1 aromatic rings. The Morgan fingerprint density at radius 2 is 1.78 bits per heavy atom. The molecule has 0 aliphatic carbocycles. The highest BCUT2D eigenvalue weighted by Crippen LogP contribution is 2.14. The Bertz CT molecular complexity index is 541. The maximum absolute atomic E-state index is 12.3. The third-order valence-corrected chi connectivity index (χ3v) is 4.55. The van der Waals surface area contributed by atoms with Gasteiger partial charge in [0.2, 0.25) is 0 Å². The number of carbonyl (C=O) groups is 1. The van der Waals surface area contributed by atoms with Gasteiger partial charge >= 0.3 is 0 Å². The summed E-state index contributed by atoms with van der Waals surface area (Å²) in [6, 6.07) is 8.07. The number of amides is 1. The Hall–Kier alpha value is -1.65. The molecule has 1 aromatic carbocycles. The van der Waals surface area contributed by atoms with Crippen molar-refractivity contribution < 1.29 is 14.6 Å². The summed E-state index contributed by atoms with van der Waals surface area (Å²) in [6.45, 7) is 12.6. The number of hydrogen-bond acceptors (Lipinski definition) is 1. The molecule has 0 saturated carbocycles. The predicted octanol–water partition coefficient (Wildman–Crippen LogP) is -0.0629. The zero-order valence-corrected chi connectivity index (χ0v) is 14.7. The molecule has 0 radical (unpaired) electrons. The number of allylic oxidation sites excluding steroid dienone is 1. The molecule has 3 N–H and O–H groups in total. The molecule has 4 nitrogen and oxygen atoms in total. The minimum atomic E-state index is 0.133. The molecule has 0 aromatic heterocycles. The lowest BCUT2D eigenvalue weighted by molar-refractivity contribution is -1.01. The van der Waals surface area contributed by atoms with Crippen molar-refractivity contribution in [2.24, 2.45) is 0 Å². The van der Waals surface area contributed by atoms with Crippen LogP contribution in [0.5, 0.6) is 0 Å². The lowest BCUT2D eigenvalue weighted by Crippen LogP contribution is -3.28. The third kappa shape index (κ3) is 5.81. The molecule has 0 spiro atoms. The first kappa shape index (κ1) is 17.7. The van der Waals surface area contributed by atoms with Gasteiger partial charge in [-0.2, -0.15) is 0 Å². The van der Waals surface area contributed by atoms with Crippen LogP contribution in [0.1, 0.15) is 26.3 Å². The van der Waals surface area contributed by atoms with Gasteiger partial charge < -0.3 is 15.1 Å². The molecule has 1 aliphatic rings. The average molecular weight is 317 g/mol. The molecule has 126 valence electrons. The summed E-state index contributed by atoms with van der Waals surface area (Å²) in [5.74, 6) is 0.133. The third-order valence-electron chi connectivity index (χ3n) is 4.55. The Morgan fingerprint density at radius 3 is 2.43 bits per heavy atom. The van der Waals surface area contributed by atoms with Crippen LogP contribution in [0, 0.1) is 0 Å². The topological polar surface area (TPSA) is 38.0 Å². The summed E-state index contributed by atoms with van der Waals surface area (Å²) >= 11 is 0. The van der Waals surface area contributed by atoms with Crippen molar-refractivity contribution in [3.8, 4) is 0 Å². The number of anilines is 1. The van der Waals surface area contributed by atoms with E-state index in [1.165, 1.54) is 16.0 Å². The quantitative estimate of drug-likeness (QED) is 0.632. The van der Waals surface area contributed by atoms with E-state index in [0.29, 0.717) is 6.54 Å². The Morgan fingerprint density at radius 1 is 1.13 bits per heavy atom. The van der Waals surface area contributed by atoms with Crippen molar-refractivity contribution in [2.45, 2.75) is 27.2 Å². The molecule has 4 heteroatoms. The van der Waals surface area contributed by atoms with E-state index in [1.807, 2.05) is 18.2 Å². The van der Waals surface area contributed by atoms with Crippen molar-refractivity contribution in [1.82, 2.24) is 0 Å². The van der Waals surface area contributed by atoms with Crippen LogP contribution in [-0.4, -0.2) is 45.2 Å². The average Bonchev–Trinajstić information content (AvgIpc) is 2.54. The highest BCUT2D eigenvalue weighted by atomic mass is 16.2. The van der Waals surface area contributed by atoms with Crippen LogP contribution in [0.4, 0.5) is 5.69 Å². The normalized spacial score (nSPS) is 20.8. The van der Waals surface area contributed by atoms with Crippen LogP contribution in [0.25, 0.3) is 0 Å². The molecule has 1 aliphatic heterocycles. The molecule has 23 heavy (non-hydrogen) atoms. The number of benzene rings is 1. The van der Waals surface area contributed by atoms with Gasteiger partial charge in [0.25, 0.3) is 5.91 Å². The maximum atomic E-state index is 12.3. The van der Waals surface area contributed by atoms with Crippen molar-refractivity contribution in [2.75, 3.05) is 44.6 Å². The molecule has 0 unspecified atom stereocenters. The molecule has 0 bridgehead atoms. The van der Waals surface area contributed by atoms with Crippen molar-refractivity contribution in [1.29, 1.82) is 0 Å². The molecular weight excluding hydrogens is 286 g/mol. The monoisotopic (exact) mass is 317 g/mol. The fourth-order valence-electron chi connectivity index (χ4n) is 3.06. The number of quaternary nitrogens is 2. The van der Waals surface area contributed by atoms with Crippen LogP contribution in [0.15, 0.2) is 35.9 Å². The smallest absolute Gasteiger partial charge is 0.279 e. The molecule has 1 amide bonds. The van der Waals surface area contributed by atoms with Gasteiger partial charge in [0, 0.05) is 5.69 Å². The first-order valence-electron chi connectivity index (χ1n) is 8.76. The van der Waals surface area contributed by atoms with Crippen LogP contribution in [0.3, 0.4) is 0 Å². The summed E-state index contributed by atoms with van der Waals surface area (Å²) in [5, 5.41) is 3.08. The van der Waals surface area contributed by atoms with E-state index in [1.54, 1.807) is 4.90 Å². The molecular formula is C19H31N3O+2. The van der Waals surface area contributed by atoms with Gasteiger partial charge in [-0.15, -0.1) is 0 Å². The number of para-hydroxylation sites is 1. The number of piperazine rings is 1. The van der Waals surface area contributed by atoms with E-state index in [9.17, 15) is 4.79 Å². The number of aryl methyl sites for hydroxylation is 1. The highest BCUT2D eigenvalue weighted by molar-refractivity contribution is 5.92. The van der Waals surface area contributed by atoms with E-state index in [4.69, 9.17) is 0 Å². The lowest BCUT2D eigenvalue weighted by Gasteiger charge is -2.28. The lowest BCUT2D eigenvalue weighted by atomic mass is 10.1. The van der Waals surface area contributed by atoms with Gasteiger partial charge in [0.15, 0.2) is 6.54 Å². The van der Waals surface area contributed by atoms with E-state index >= 15 is 0 Å². The van der Waals surface area contributed by atoms with Crippen molar-refractivity contribution in [3.63, 3.8) is 0 Å². The Balaban J connectivity index is 1.78. The molecule has 1 fully saturated rings. The summed E-state index contributed by atoms with van der Waals surface area (Å²) < 4.78 is 0. The van der Waals surface area contributed by atoms with Crippen molar-refractivity contribution >= 4 is 11.6 Å². The van der Waals surface area contributed by atoms with Gasteiger partial charge in [-0.1, -0.05) is 30.7 Å². The van der Waals surface area contributed by atoms with E-state index in [0.717, 1.165) is 44.8 Å². The first-order valence-corrected chi connectivity index (χ1v) is 8.76. The number of carbonyl (C=O) groups excluding carboxylic acids is 1. The van der Waals surface area contributed by atoms with Gasteiger partial charge in [-0.25, -0.2) is 0 Å². The fraction of sp³-hybridized carbons (Fsp3) is 0.526. The second-order valence-electron chi connectivity index (χ2n) is 6.72. The molecule has 1 heterocycles. The SMILES string of the molecule is CCc1ccccc1NC(=O)C[NH+]1CC[NH+](CC=C(C)C)CC1. The maximum Gasteiger partial charge on any atom is 0.279 e. The zero-order chi connectivity index (χ0) is 16.7. The predicted molar refractivity (Wildman–Crippen MR) is 95.0 cm³/mol. The Labute approximate surface area is 140 Å².